The molecule has 0 aromatic carbocycles. The van der Waals surface area contributed by atoms with Crippen LogP contribution >= 0.6 is 0 Å². The quantitative estimate of drug-likeness (QED) is 0.806. The zero-order valence-corrected chi connectivity index (χ0v) is 11.0. The minimum absolute atomic E-state index is 0.381. The Morgan fingerprint density at radius 1 is 1.31 bits per heavy atom. The highest BCUT2D eigenvalue weighted by molar-refractivity contribution is 5.31. The van der Waals surface area contributed by atoms with Gasteiger partial charge in [0.1, 0.15) is 0 Å². The molecule has 1 aromatic heterocycles. The summed E-state index contributed by atoms with van der Waals surface area (Å²) in [7, 11) is 0. The number of aromatic nitrogens is 2. The molecule has 1 aromatic rings. The summed E-state index contributed by atoms with van der Waals surface area (Å²) < 4.78 is 1.71. The number of nitrogens with zero attached hydrogens (tertiary/aromatic N) is 2. The lowest BCUT2D eigenvalue weighted by atomic mass is 10.0. The number of aryl methyl sites for hydroxylation is 1. The molecule has 1 heterocycles. The second-order valence-electron chi connectivity index (χ2n) is 4.77. The minimum Gasteiger partial charge on any atom is -0.493 e. The van der Waals surface area contributed by atoms with E-state index in [9.17, 15) is 5.11 Å². The van der Waals surface area contributed by atoms with Crippen molar-refractivity contribution in [3.05, 3.63) is 11.3 Å². The van der Waals surface area contributed by atoms with Crippen LogP contribution in [0.25, 0.3) is 0 Å². The average Bonchev–Trinajstić information content (AvgIpc) is 2.52. The fourth-order valence-corrected chi connectivity index (χ4v) is 1.92. The lowest BCUT2D eigenvalue weighted by Gasteiger charge is -2.04. The molecule has 0 saturated heterocycles. The molecule has 1 N–H and O–H groups in total. The van der Waals surface area contributed by atoms with Crippen LogP contribution in [0.2, 0.25) is 0 Å². The van der Waals surface area contributed by atoms with Crippen molar-refractivity contribution < 1.29 is 5.11 Å². The lowest BCUT2D eigenvalue weighted by Crippen LogP contribution is -2.00. The van der Waals surface area contributed by atoms with E-state index in [2.05, 4.69) is 25.9 Å². The Bertz CT molecular complexity index is 329. The van der Waals surface area contributed by atoms with E-state index in [1.165, 1.54) is 0 Å². The Kier molecular flexibility index (Phi) is 4.84. The first-order valence-corrected chi connectivity index (χ1v) is 6.37. The topological polar surface area (TPSA) is 38.0 Å². The van der Waals surface area contributed by atoms with E-state index in [0.717, 1.165) is 43.5 Å². The van der Waals surface area contributed by atoms with Crippen molar-refractivity contribution in [3.8, 4) is 5.88 Å². The first-order chi connectivity index (χ1) is 7.60. The summed E-state index contributed by atoms with van der Waals surface area (Å²) in [6.45, 7) is 9.29. The van der Waals surface area contributed by atoms with Gasteiger partial charge in [-0.2, -0.15) is 5.10 Å². The highest BCUT2D eigenvalue weighted by Crippen LogP contribution is 2.25. The molecule has 0 unspecified atom stereocenters. The van der Waals surface area contributed by atoms with Gasteiger partial charge in [0.2, 0.25) is 5.88 Å². The average molecular weight is 224 g/mol. The third kappa shape index (κ3) is 3.00. The second-order valence-corrected chi connectivity index (χ2v) is 4.77. The van der Waals surface area contributed by atoms with Crippen LogP contribution < -0.4 is 0 Å². The molecule has 16 heavy (non-hydrogen) atoms. The molecule has 0 saturated carbocycles. The molecule has 0 atom stereocenters. The third-order valence-electron chi connectivity index (χ3n) is 2.79. The van der Waals surface area contributed by atoms with Crippen LogP contribution in [-0.2, 0) is 19.4 Å². The molecule has 0 aliphatic carbocycles. The Balaban J connectivity index is 2.94. The normalized spacial score (nSPS) is 11.3. The Labute approximate surface area is 98.5 Å². The van der Waals surface area contributed by atoms with Crippen LogP contribution in [0, 0.1) is 5.92 Å². The second kappa shape index (κ2) is 5.92. The highest BCUT2D eigenvalue weighted by Gasteiger charge is 2.16. The van der Waals surface area contributed by atoms with E-state index in [0.29, 0.717) is 11.8 Å². The van der Waals surface area contributed by atoms with Gasteiger partial charge in [0.25, 0.3) is 0 Å². The van der Waals surface area contributed by atoms with Crippen LogP contribution in [0.3, 0.4) is 0 Å². The summed E-state index contributed by atoms with van der Waals surface area (Å²) in [6, 6.07) is 0. The molecule has 0 aliphatic rings. The predicted molar refractivity (Wildman–Crippen MR) is 66.7 cm³/mol. The largest absolute Gasteiger partial charge is 0.493 e. The smallest absolute Gasteiger partial charge is 0.212 e. The fourth-order valence-electron chi connectivity index (χ4n) is 1.92. The number of unbranched alkanes of at least 4 members (excludes halogenated alkanes) is 1. The van der Waals surface area contributed by atoms with E-state index in [1.54, 1.807) is 4.68 Å². The Morgan fingerprint density at radius 3 is 2.50 bits per heavy atom. The summed E-state index contributed by atoms with van der Waals surface area (Å²) in [5.74, 6) is 0.964. The molecule has 3 heteroatoms. The van der Waals surface area contributed by atoms with Gasteiger partial charge in [-0.15, -0.1) is 0 Å². The number of rotatable bonds is 6. The molecule has 0 bridgehead atoms. The SMILES string of the molecule is CCCCc1c(CC(C)C)nn(CC)c1O. The van der Waals surface area contributed by atoms with Crippen molar-refractivity contribution >= 4 is 0 Å². The molecule has 0 aliphatic heterocycles. The van der Waals surface area contributed by atoms with E-state index >= 15 is 0 Å². The number of hydrogen-bond acceptors (Lipinski definition) is 2. The highest BCUT2D eigenvalue weighted by atomic mass is 16.3. The predicted octanol–water partition coefficient (Wildman–Crippen LogP) is 3.15. The summed E-state index contributed by atoms with van der Waals surface area (Å²) in [5, 5.41) is 14.5. The minimum atomic E-state index is 0.381. The molecular formula is C13H24N2O. The van der Waals surface area contributed by atoms with Crippen molar-refractivity contribution in [2.24, 2.45) is 5.92 Å². The van der Waals surface area contributed by atoms with Crippen LogP contribution in [0.5, 0.6) is 5.88 Å². The van der Waals surface area contributed by atoms with E-state index in [4.69, 9.17) is 0 Å². The summed E-state index contributed by atoms with van der Waals surface area (Å²) in [6.07, 6.45) is 4.18. The number of hydrogen-bond donors (Lipinski definition) is 1. The Morgan fingerprint density at radius 2 is 2.00 bits per heavy atom. The molecular weight excluding hydrogens is 200 g/mol. The maximum absolute atomic E-state index is 10.0. The summed E-state index contributed by atoms with van der Waals surface area (Å²) >= 11 is 0. The van der Waals surface area contributed by atoms with Crippen LogP contribution in [0.4, 0.5) is 0 Å². The maximum atomic E-state index is 10.0. The molecule has 92 valence electrons. The number of aromatic hydroxyl groups is 1. The maximum Gasteiger partial charge on any atom is 0.212 e. The van der Waals surface area contributed by atoms with Crippen LogP contribution in [-0.4, -0.2) is 14.9 Å². The van der Waals surface area contributed by atoms with E-state index in [-0.39, 0.29) is 0 Å². The van der Waals surface area contributed by atoms with Gasteiger partial charge in [-0.25, -0.2) is 4.68 Å². The van der Waals surface area contributed by atoms with Crippen molar-refractivity contribution in [2.75, 3.05) is 0 Å². The lowest BCUT2D eigenvalue weighted by molar-refractivity contribution is 0.399. The van der Waals surface area contributed by atoms with Gasteiger partial charge in [-0.1, -0.05) is 27.2 Å². The molecule has 0 spiro atoms. The van der Waals surface area contributed by atoms with Gasteiger partial charge in [-0.05, 0) is 32.1 Å². The first-order valence-electron chi connectivity index (χ1n) is 6.37. The van der Waals surface area contributed by atoms with Crippen molar-refractivity contribution in [3.63, 3.8) is 0 Å². The van der Waals surface area contributed by atoms with Gasteiger partial charge >= 0.3 is 0 Å². The standard InChI is InChI=1S/C13H24N2O/c1-5-7-8-11-12(9-10(3)4)14-15(6-2)13(11)16/h10,16H,5-9H2,1-4H3. The monoisotopic (exact) mass is 224 g/mol. The summed E-state index contributed by atoms with van der Waals surface area (Å²) in [5.41, 5.74) is 2.15. The van der Waals surface area contributed by atoms with Crippen LogP contribution in [0.1, 0.15) is 51.8 Å². The zero-order chi connectivity index (χ0) is 12.1. The van der Waals surface area contributed by atoms with Crippen molar-refractivity contribution in [2.45, 2.75) is 59.9 Å². The van der Waals surface area contributed by atoms with Gasteiger partial charge in [-0.3, -0.25) is 0 Å². The van der Waals surface area contributed by atoms with Crippen molar-refractivity contribution in [1.82, 2.24) is 9.78 Å². The third-order valence-corrected chi connectivity index (χ3v) is 2.79. The van der Waals surface area contributed by atoms with Crippen molar-refractivity contribution in [1.29, 1.82) is 0 Å². The van der Waals surface area contributed by atoms with Gasteiger partial charge < -0.3 is 5.11 Å². The van der Waals surface area contributed by atoms with Crippen LogP contribution in [0.15, 0.2) is 0 Å². The first kappa shape index (κ1) is 13.1. The van der Waals surface area contributed by atoms with E-state index < -0.39 is 0 Å². The Hall–Kier alpha value is -0.990. The molecule has 1 rings (SSSR count). The van der Waals surface area contributed by atoms with Gasteiger partial charge in [0.05, 0.1) is 5.69 Å². The summed E-state index contributed by atoms with van der Waals surface area (Å²) in [4.78, 5) is 0. The molecule has 3 nitrogen and oxygen atoms in total. The fraction of sp³-hybridized carbons (Fsp3) is 0.769. The zero-order valence-electron chi connectivity index (χ0n) is 11.0. The van der Waals surface area contributed by atoms with Gasteiger partial charge in [0.15, 0.2) is 0 Å². The molecule has 0 radical (unpaired) electrons. The van der Waals surface area contributed by atoms with E-state index in [1.807, 2.05) is 6.92 Å². The molecule has 0 fully saturated rings. The molecule has 0 amide bonds. The van der Waals surface area contributed by atoms with Gasteiger partial charge in [0, 0.05) is 12.1 Å².